The Balaban J connectivity index is 1.28. The van der Waals surface area contributed by atoms with E-state index in [1.54, 1.807) is 0 Å². The van der Waals surface area contributed by atoms with Gasteiger partial charge >= 0.3 is 0 Å². The molecule has 0 amide bonds. The fourth-order valence-electron chi connectivity index (χ4n) is 7.85. The number of benzene rings is 5. The zero-order valence-corrected chi connectivity index (χ0v) is 24.6. The molecule has 5 heteroatoms. The van der Waals surface area contributed by atoms with E-state index in [0.717, 1.165) is 64.4 Å². The number of pyridine rings is 1. The van der Waals surface area contributed by atoms with Gasteiger partial charge in [0, 0.05) is 39.5 Å². The number of aromatic nitrogens is 4. The fourth-order valence-corrected chi connectivity index (χ4v) is 7.85. The molecule has 1 atom stereocenters. The van der Waals surface area contributed by atoms with E-state index in [2.05, 4.69) is 141 Å². The van der Waals surface area contributed by atoms with Crippen LogP contribution in [0.2, 0.25) is 0 Å². The van der Waals surface area contributed by atoms with E-state index in [9.17, 15) is 0 Å². The molecule has 3 aromatic heterocycles. The summed E-state index contributed by atoms with van der Waals surface area (Å²) in [6.45, 7) is 0. The van der Waals surface area contributed by atoms with Crippen molar-refractivity contribution in [1.29, 1.82) is 0 Å². The van der Waals surface area contributed by atoms with Gasteiger partial charge in [0.2, 0.25) is 0 Å². The molecule has 0 saturated heterocycles. The van der Waals surface area contributed by atoms with E-state index in [-0.39, 0.29) is 6.04 Å². The van der Waals surface area contributed by atoms with E-state index >= 15 is 0 Å². The average molecular weight is 580 g/mol. The number of nitrogens with zero attached hydrogens (tertiary/aromatic N) is 5. The molecule has 0 radical (unpaired) electrons. The van der Waals surface area contributed by atoms with Crippen molar-refractivity contribution in [3.05, 3.63) is 145 Å². The van der Waals surface area contributed by atoms with Crippen LogP contribution >= 0.6 is 0 Å². The second kappa shape index (κ2) is 9.41. The number of para-hydroxylation sites is 4. The summed E-state index contributed by atoms with van der Waals surface area (Å²) >= 11 is 0. The Hall–Kier alpha value is -5.68. The van der Waals surface area contributed by atoms with Crippen LogP contribution in [0.1, 0.15) is 30.3 Å². The summed E-state index contributed by atoms with van der Waals surface area (Å²) in [5.41, 5.74) is 11.7. The summed E-state index contributed by atoms with van der Waals surface area (Å²) in [5.74, 6) is 2.05. The molecule has 0 spiro atoms. The first-order valence-corrected chi connectivity index (χ1v) is 15.8. The zero-order chi connectivity index (χ0) is 29.5. The zero-order valence-electron chi connectivity index (χ0n) is 24.6. The highest BCUT2D eigenvalue weighted by atomic mass is 15.3. The molecule has 5 heterocycles. The predicted octanol–water partition coefficient (Wildman–Crippen LogP) is 9.71. The van der Waals surface area contributed by atoms with Gasteiger partial charge in [0.25, 0.3) is 0 Å². The van der Waals surface area contributed by atoms with Crippen molar-refractivity contribution in [2.75, 3.05) is 4.90 Å². The molecule has 214 valence electrons. The Labute approximate surface area is 260 Å². The highest BCUT2D eigenvalue weighted by molar-refractivity contribution is 6.09. The smallest absolute Gasteiger partial charge is 0.141 e. The van der Waals surface area contributed by atoms with Crippen LogP contribution in [-0.2, 0) is 6.42 Å². The molecule has 10 rings (SSSR count). The van der Waals surface area contributed by atoms with Crippen LogP contribution in [0.25, 0.3) is 55.3 Å². The third-order valence-electron chi connectivity index (χ3n) is 9.74. The van der Waals surface area contributed by atoms with Gasteiger partial charge in [-0.2, -0.15) is 0 Å². The summed E-state index contributed by atoms with van der Waals surface area (Å²) in [6.07, 6.45) is 5.03. The van der Waals surface area contributed by atoms with Crippen LogP contribution in [0.3, 0.4) is 0 Å². The first kappa shape index (κ1) is 24.7. The SMILES string of the molecule is c1ccc2c(c1)CCCC1c3nc4cc(-n5c6ccccc6c6ccccc65)ccc4n3-c3ccccc3-c3cccnc3N21. The molecule has 8 aromatic rings. The molecule has 45 heavy (non-hydrogen) atoms. The molecule has 0 fully saturated rings. The van der Waals surface area contributed by atoms with Crippen LogP contribution in [-0.4, -0.2) is 19.1 Å². The maximum atomic E-state index is 5.54. The third kappa shape index (κ3) is 3.49. The van der Waals surface area contributed by atoms with Gasteiger partial charge in [0.1, 0.15) is 11.6 Å². The normalized spacial score (nSPS) is 15.5. The first-order chi connectivity index (χ1) is 22.3. The highest BCUT2D eigenvalue weighted by Crippen LogP contribution is 2.49. The molecular weight excluding hydrogens is 550 g/mol. The van der Waals surface area contributed by atoms with Crippen LogP contribution < -0.4 is 4.90 Å². The molecule has 2 aliphatic heterocycles. The molecule has 1 unspecified atom stereocenters. The van der Waals surface area contributed by atoms with Crippen LogP contribution in [0.15, 0.2) is 134 Å². The molecule has 0 aliphatic carbocycles. The quantitative estimate of drug-likeness (QED) is 0.194. The number of hydrogen-bond acceptors (Lipinski definition) is 3. The maximum absolute atomic E-state index is 5.54. The van der Waals surface area contributed by atoms with Crippen molar-refractivity contribution in [3.8, 4) is 22.5 Å². The van der Waals surface area contributed by atoms with Crippen molar-refractivity contribution >= 4 is 44.3 Å². The number of aryl methyl sites for hydroxylation is 1. The Morgan fingerprint density at radius 2 is 1.31 bits per heavy atom. The van der Waals surface area contributed by atoms with Gasteiger partial charge in [-0.1, -0.05) is 72.8 Å². The first-order valence-electron chi connectivity index (χ1n) is 15.8. The molecule has 2 aliphatic rings. The van der Waals surface area contributed by atoms with Gasteiger partial charge < -0.3 is 9.47 Å². The fraction of sp³-hybridized carbons (Fsp3) is 0.100. The minimum Gasteiger partial charge on any atom is -0.315 e. The summed E-state index contributed by atoms with van der Waals surface area (Å²) in [6, 6.07) is 46.0. The van der Waals surface area contributed by atoms with Gasteiger partial charge in [-0.25, -0.2) is 9.97 Å². The molecule has 0 bridgehead atoms. The van der Waals surface area contributed by atoms with Gasteiger partial charge in [0.05, 0.1) is 33.8 Å². The predicted molar refractivity (Wildman–Crippen MR) is 183 cm³/mol. The molecular formula is C40H29N5. The van der Waals surface area contributed by atoms with Crippen molar-refractivity contribution in [3.63, 3.8) is 0 Å². The lowest BCUT2D eigenvalue weighted by molar-refractivity contribution is 0.576. The number of fused-ring (bicyclic) bond motifs is 15. The largest absolute Gasteiger partial charge is 0.315 e. The van der Waals surface area contributed by atoms with Crippen molar-refractivity contribution < 1.29 is 0 Å². The number of anilines is 2. The van der Waals surface area contributed by atoms with Crippen molar-refractivity contribution in [1.82, 2.24) is 19.1 Å². The molecule has 5 aromatic carbocycles. The standard InChI is InChI=1S/C40H29N5/c1-5-17-33-26(11-1)12-9-21-38-40-42-32-25-27(43-34-18-6-2-13-28(34)29-14-3-7-19-35(29)43)22-23-37(32)45(40)36-20-8-4-15-30(36)31-16-10-24-41-39(31)44(33)38/h1-8,10-11,13-20,22-25,38H,9,12,21H2. The second-order valence-corrected chi connectivity index (χ2v) is 12.1. The monoisotopic (exact) mass is 579 g/mol. The Bertz CT molecular complexity index is 2390. The Kier molecular flexibility index (Phi) is 5.17. The van der Waals surface area contributed by atoms with E-state index in [1.165, 1.54) is 33.1 Å². The molecule has 5 nitrogen and oxygen atoms in total. The van der Waals surface area contributed by atoms with Crippen LogP contribution in [0.4, 0.5) is 11.5 Å². The van der Waals surface area contributed by atoms with Gasteiger partial charge in [-0.15, -0.1) is 0 Å². The molecule has 0 N–H and O–H groups in total. The van der Waals surface area contributed by atoms with E-state index in [0.29, 0.717) is 0 Å². The summed E-state index contributed by atoms with van der Waals surface area (Å²) in [4.78, 5) is 13.1. The van der Waals surface area contributed by atoms with Gasteiger partial charge in [-0.05, 0) is 79.4 Å². The van der Waals surface area contributed by atoms with Crippen molar-refractivity contribution in [2.24, 2.45) is 0 Å². The lowest BCUT2D eigenvalue weighted by Crippen LogP contribution is -2.28. The summed E-state index contributed by atoms with van der Waals surface area (Å²) in [7, 11) is 0. The van der Waals surface area contributed by atoms with E-state index < -0.39 is 0 Å². The van der Waals surface area contributed by atoms with E-state index in [4.69, 9.17) is 9.97 Å². The average Bonchev–Trinajstić information content (AvgIpc) is 3.56. The lowest BCUT2D eigenvalue weighted by atomic mass is 9.99. The number of imidazole rings is 1. The summed E-state index contributed by atoms with van der Waals surface area (Å²) < 4.78 is 4.80. The number of hydrogen-bond donors (Lipinski definition) is 0. The molecule has 0 saturated carbocycles. The van der Waals surface area contributed by atoms with Crippen LogP contribution in [0.5, 0.6) is 0 Å². The third-order valence-corrected chi connectivity index (χ3v) is 9.74. The van der Waals surface area contributed by atoms with Crippen molar-refractivity contribution in [2.45, 2.75) is 25.3 Å². The lowest BCUT2D eigenvalue weighted by Gasteiger charge is -2.35. The minimum absolute atomic E-state index is 0.0275. The Morgan fingerprint density at radius 3 is 2.16 bits per heavy atom. The topological polar surface area (TPSA) is 38.9 Å². The number of rotatable bonds is 1. The second-order valence-electron chi connectivity index (χ2n) is 12.1. The minimum atomic E-state index is 0.0275. The maximum Gasteiger partial charge on any atom is 0.141 e. The van der Waals surface area contributed by atoms with Gasteiger partial charge in [-0.3, -0.25) is 4.57 Å². The van der Waals surface area contributed by atoms with Crippen LogP contribution in [0, 0.1) is 0 Å². The summed E-state index contributed by atoms with van der Waals surface area (Å²) in [5, 5.41) is 2.52. The van der Waals surface area contributed by atoms with E-state index in [1.807, 2.05) is 6.20 Å². The Morgan fingerprint density at radius 1 is 0.600 bits per heavy atom. The highest BCUT2D eigenvalue weighted by Gasteiger charge is 2.36. The van der Waals surface area contributed by atoms with Gasteiger partial charge in [0.15, 0.2) is 0 Å².